The van der Waals surface area contributed by atoms with E-state index >= 15 is 0 Å². The fourth-order valence-corrected chi connectivity index (χ4v) is 8.49. The molecule has 0 atom stereocenters. The standard InChI is InChI=1S/C48H58N6O2S/c1-7-52-25-27-53(28-26-52)43-32-41(50-46-44(35(2)51-54(43)46)37-15-9-8-10-16-37)38-17-11-14-36(30-38)20-22-48(5,6)24-23-47(3,4)21-13-29-56-40-19-12-18-39(31-40)45(55)42-33-57-34-49-42/h8-12,14-19,30-34H,7,13,20-29H2,1-6H3. The third kappa shape index (κ3) is 10.00. The first-order valence-electron chi connectivity index (χ1n) is 20.7. The summed E-state index contributed by atoms with van der Waals surface area (Å²) in [6, 6.07) is 29.3. The summed E-state index contributed by atoms with van der Waals surface area (Å²) in [5.41, 5.74) is 10.8. The molecule has 57 heavy (non-hydrogen) atoms. The first-order chi connectivity index (χ1) is 27.5. The van der Waals surface area contributed by atoms with E-state index < -0.39 is 0 Å². The minimum Gasteiger partial charge on any atom is -0.494 e. The van der Waals surface area contributed by atoms with Crippen LogP contribution in [-0.2, 0) is 6.42 Å². The number of hydrogen-bond donors (Lipinski definition) is 0. The van der Waals surface area contributed by atoms with E-state index in [1.54, 1.807) is 10.9 Å². The van der Waals surface area contributed by atoms with Crippen molar-refractivity contribution in [2.75, 3.05) is 44.2 Å². The Hall–Kier alpha value is -4.86. The van der Waals surface area contributed by atoms with Crippen LogP contribution in [0.15, 0.2) is 95.8 Å². The Morgan fingerprint density at radius 2 is 1.56 bits per heavy atom. The molecule has 0 aliphatic carbocycles. The number of ketones is 1. The molecular formula is C48H58N6O2S. The molecule has 3 aromatic carbocycles. The zero-order chi connectivity index (χ0) is 40.0. The van der Waals surface area contributed by atoms with Gasteiger partial charge < -0.3 is 14.5 Å². The molecule has 298 valence electrons. The van der Waals surface area contributed by atoms with Gasteiger partial charge in [-0.05, 0) is 92.1 Å². The maximum atomic E-state index is 12.7. The zero-order valence-corrected chi connectivity index (χ0v) is 35.4. The summed E-state index contributed by atoms with van der Waals surface area (Å²) in [5.74, 6) is 1.78. The molecule has 3 aromatic heterocycles. The Morgan fingerprint density at radius 1 is 0.825 bits per heavy atom. The number of thiazole rings is 1. The highest BCUT2D eigenvalue weighted by atomic mass is 32.1. The lowest BCUT2D eigenvalue weighted by molar-refractivity contribution is 0.103. The maximum absolute atomic E-state index is 12.7. The largest absolute Gasteiger partial charge is 0.494 e. The number of likely N-dealkylation sites (N-methyl/N-ethyl adjacent to an activating group) is 1. The van der Waals surface area contributed by atoms with Crippen molar-refractivity contribution in [3.63, 3.8) is 0 Å². The van der Waals surface area contributed by atoms with Gasteiger partial charge >= 0.3 is 0 Å². The van der Waals surface area contributed by atoms with Gasteiger partial charge in [-0.15, -0.1) is 11.3 Å². The summed E-state index contributed by atoms with van der Waals surface area (Å²) >= 11 is 1.43. The van der Waals surface area contributed by atoms with E-state index in [-0.39, 0.29) is 16.6 Å². The van der Waals surface area contributed by atoms with Crippen LogP contribution in [0.4, 0.5) is 5.82 Å². The topological polar surface area (TPSA) is 75.9 Å². The molecule has 0 amide bonds. The van der Waals surface area contributed by atoms with Crippen molar-refractivity contribution in [1.82, 2.24) is 24.5 Å². The molecular weight excluding hydrogens is 725 g/mol. The van der Waals surface area contributed by atoms with Gasteiger partial charge in [0.25, 0.3) is 0 Å². The molecule has 1 fully saturated rings. The number of piperazine rings is 1. The third-order valence-corrected chi connectivity index (χ3v) is 12.4. The average Bonchev–Trinajstić information content (AvgIpc) is 3.89. The number of ether oxygens (including phenoxy) is 1. The molecule has 0 radical (unpaired) electrons. The van der Waals surface area contributed by atoms with Gasteiger partial charge in [-0.3, -0.25) is 4.79 Å². The molecule has 0 bridgehead atoms. The van der Waals surface area contributed by atoms with Crippen LogP contribution in [0.25, 0.3) is 28.0 Å². The minimum absolute atomic E-state index is 0.0685. The number of carbonyl (C=O) groups excluding carboxylic acids is 1. The maximum Gasteiger partial charge on any atom is 0.212 e. The number of aryl methyl sites for hydroxylation is 2. The van der Waals surface area contributed by atoms with Gasteiger partial charge in [0, 0.05) is 54.3 Å². The lowest BCUT2D eigenvalue weighted by Gasteiger charge is -2.35. The highest BCUT2D eigenvalue weighted by molar-refractivity contribution is 7.07. The van der Waals surface area contributed by atoms with Crippen LogP contribution in [-0.4, -0.2) is 69.6 Å². The van der Waals surface area contributed by atoms with Crippen molar-refractivity contribution in [2.24, 2.45) is 10.8 Å². The van der Waals surface area contributed by atoms with E-state index in [1.165, 1.54) is 16.9 Å². The van der Waals surface area contributed by atoms with Crippen molar-refractivity contribution in [3.05, 3.63) is 118 Å². The fourth-order valence-electron chi connectivity index (χ4n) is 7.95. The number of benzene rings is 3. The summed E-state index contributed by atoms with van der Waals surface area (Å²) in [6.07, 6.45) is 6.51. The van der Waals surface area contributed by atoms with Crippen LogP contribution in [0.5, 0.6) is 5.75 Å². The normalized spacial score (nSPS) is 14.0. The van der Waals surface area contributed by atoms with Crippen molar-refractivity contribution in [1.29, 1.82) is 0 Å². The summed E-state index contributed by atoms with van der Waals surface area (Å²) in [7, 11) is 0. The van der Waals surface area contributed by atoms with Gasteiger partial charge in [0.15, 0.2) is 5.65 Å². The van der Waals surface area contributed by atoms with Gasteiger partial charge in [0.2, 0.25) is 5.78 Å². The predicted molar refractivity (Wildman–Crippen MR) is 235 cm³/mol. The molecule has 9 heteroatoms. The molecule has 0 spiro atoms. The Labute approximate surface area is 342 Å². The molecule has 6 aromatic rings. The Morgan fingerprint density at radius 3 is 2.30 bits per heavy atom. The van der Waals surface area contributed by atoms with Gasteiger partial charge in [-0.25, -0.2) is 9.97 Å². The van der Waals surface area contributed by atoms with E-state index in [9.17, 15) is 4.79 Å². The van der Waals surface area contributed by atoms with Crippen molar-refractivity contribution >= 4 is 28.6 Å². The van der Waals surface area contributed by atoms with E-state index in [4.69, 9.17) is 14.8 Å². The number of carbonyl (C=O) groups is 1. The van der Waals surface area contributed by atoms with Crippen LogP contribution in [0, 0.1) is 17.8 Å². The zero-order valence-electron chi connectivity index (χ0n) is 34.6. The number of nitrogens with zero attached hydrogens (tertiary/aromatic N) is 6. The van der Waals surface area contributed by atoms with Crippen LogP contribution >= 0.6 is 11.3 Å². The van der Waals surface area contributed by atoms with E-state index in [2.05, 4.69) is 122 Å². The lowest BCUT2D eigenvalue weighted by Crippen LogP contribution is -2.46. The molecule has 1 saturated heterocycles. The smallest absolute Gasteiger partial charge is 0.212 e. The van der Waals surface area contributed by atoms with Crippen LogP contribution in [0.3, 0.4) is 0 Å². The van der Waals surface area contributed by atoms with E-state index in [0.717, 1.165) is 117 Å². The second kappa shape index (κ2) is 17.7. The number of aromatic nitrogens is 4. The number of fused-ring (bicyclic) bond motifs is 1. The second-order valence-electron chi connectivity index (χ2n) is 17.2. The first kappa shape index (κ1) is 40.3. The first-order valence-corrected chi connectivity index (χ1v) is 21.6. The molecule has 7 rings (SSSR count). The van der Waals surface area contributed by atoms with Gasteiger partial charge in [-0.1, -0.05) is 95.3 Å². The molecule has 0 saturated carbocycles. The Kier molecular flexibility index (Phi) is 12.6. The average molecular weight is 783 g/mol. The third-order valence-electron chi connectivity index (χ3n) is 11.8. The predicted octanol–water partition coefficient (Wildman–Crippen LogP) is 10.8. The van der Waals surface area contributed by atoms with Crippen LogP contribution < -0.4 is 9.64 Å². The van der Waals surface area contributed by atoms with Crippen molar-refractivity contribution in [2.45, 2.75) is 80.1 Å². The van der Waals surface area contributed by atoms with E-state index in [1.807, 2.05) is 24.3 Å². The molecule has 4 heterocycles. The molecule has 1 aliphatic rings. The van der Waals surface area contributed by atoms with Gasteiger partial charge in [0.1, 0.15) is 17.3 Å². The fraction of sp³-hybridized carbons (Fsp3) is 0.417. The lowest BCUT2D eigenvalue weighted by atomic mass is 9.74. The van der Waals surface area contributed by atoms with Crippen LogP contribution in [0.1, 0.15) is 94.0 Å². The minimum atomic E-state index is -0.0685. The van der Waals surface area contributed by atoms with Gasteiger partial charge in [-0.2, -0.15) is 9.61 Å². The Balaban J connectivity index is 0.979. The Bertz CT molecular complexity index is 2250. The van der Waals surface area contributed by atoms with Crippen molar-refractivity contribution < 1.29 is 9.53 Å². The summed E-state index contributed by atoms with van der Waals surface area (Å²) in [5, 5.41) is 6.86. The quantitative estimate of drug-likeness (QED) is 0.0673. The summed E-state index contributed by atoms with van der Waals surface area (Å²) < 4.78 is 8.18. The number of hydrogen-bond acceptors (Lipinski definition) is 8. The second-order valence-corrected chi connectivity index (χ2v) is 17.9. The molecule has 1 aliphatic heterocycles. The molecule has 0 N–H and O–H groups in total. The van der Waals surface area contributed by atoms with E-state index in [0.29, 0.717) is 17.9 Å². The van der Waals surface area contributed by atoms with Crippen LogP contribution in [0.2, 0.25) is 0 Å². The van der Waals surface area contributed by atoms with Crippen molar-refractivity contribution in [3.8, 4) is 28.1 Å². The monoisotopic (exact) mass is 782 g/mol. The van der Waals surface area contributed by atoms with Gasteiger partial charge in [0.05, 0.1) is 23.5 Å². The number of rotatable bonds is 17. The summed E-state index contributed by atoms with van der Waals surface area (Å²) in [6.45, 7) is 19.7. The highest BCUT2D eigenvalue weighted by Crippen LogP contribution is 2.38. The SMILES string of the molecule is CCN1CCN(c2cc(-c3cccc(CCC(C)(C)CCC(C)(C)CCCOc4cccc(C(=O)c5cscn5)c4)c3)nc3c(-c4ccccc4)c(C)nn23)CC1. The number of anilines is 1. The summed E-state index contributed by atoms with van der Waals surface area (Å²) in [4.78, 5) is 27.2. The highest BCUT2D eigenvalue weighted by Gasteiger charge is 2.26. The molecule has 0 unspecified atom stereocenters. The molecule has 8 nitrogen and oxygen atoms in total.